The Kier molecular flexibility index (Phi) is 6.27. The van der Waals surface area contributed by atoms with Crippen LogP contribution < -0.4 is 5.32 Å². The minimum absolute atomic E-state index is 0.0325. The van der Waals surface area contributed by atoms with E-state index in [0.717, 1.165) is 6.07 Å². The third-order valence-corrected chi connectivity index (χ3v) is 2.27. The van der Waals surface area contributed by atoms with Gasteiger partial charge in [-0.3, -0.25) is 0 Å². The molecule has 0 amide bonds. The van der Waals surface area contributed by atoms with Crippen molar-refractivity contribution in [1.82, 2.24) is 5.32 Å². The molecule has 0 aliphatic rings. The molecule has 0 atom stereocenters. The van der Waals surface area contributed by atoms with E-state index in [-0.39, 0.29) is 25.3 Å². The van der Waals surface area contributed by atoms with Crippen molar-refractivity contribution in [3.05, 3.63) is 35.1 Å². The van der Waals surface area contributed by atoms with E-state index in [1.807, 2.05) is 0 Å². The Hall–Kier alpha value is -1.50. The maximum Gasteiger partial charge on any atom is 0.335 e. The van der Waals surface area contributed by atoms with Gasteiger partial charge in [-0.15, -0.1) is 0 Å². The van der Waals surface area contributed by atoms with Gasteiger partial charge >= 0.3 is 5.97 Å². The fourth-order valence-corrected chi connectivity index (χ4v) is 1.38. The Morgan fingerprint density at radius 2 is 2.17 bits per heavy atom. The fraction of sp³-hybridized carbons (Fsp3) is 0.417. The molecule has 0 heterocycles. The van der Waals surface area contributed by atoms with Crippen molar-refractivity contribution in [2.75, 3.05) is 26.4 Å². The van der Waals surface area contributed by atoms with Gasteiger partial charge in [-0.05, 0) is 18.2 Å². The maximum absolute atomic E-state index is 13.4. The number of carboxylic acid groups (broad SMARTS) is 1. The number of benzene rings is 1. The molecular weight excluding hydrogens is 241 g/mol. The molecular formula is C12H16FNO4. The molecule has 0 spiro atoms. The molecule has 1 rings (SSSR count). The molecule has 0 aliphatic heterocycles. The molecule has 1 aromatic rings. The summed E-state index contributed by atoms with van der Waals surface area (Å²) in [6, 6.07) is 3.67. The van der Waals surface area contributed by atoms with Gasteiger partial charge in [0.1, 0.15) is 5.82 Å². The second kappa shape index (κ2) is 7.75. The molecule has 0 aromatic heterocycles. The van der Waals surface area contributed by atoms with E-state index in [0.29, 0.717) is 18.7 Å². The minimum Gasteiger partial charge on any atom is -0.478 e. The molecule has 3 N–H and O–H groups in total. The molecule has 6 heteroatoms. The molecule has 0 saturated carbocycles. The second-order valence-corrected chi connectivity index (χ2v) is 3.62. The van der Waals surface area contributed by atoms with E-state index >= 15 is 0 Å². The van der Waals surface area contributed by atoms with Crippen LogP contribution in [0, 0.1) is 5.82 Å². The summed E-state index contributed by atoms with van der Waals surface area (Å²) >= 11 is 0. The highest BCUT2D eigenvalue weighted by atomic mass is 19.1. The van der Waals surface area contributed by atoms with E-state index < -0.39 is 11.8 Å². The quantitative estimate of drug-likeness (QED) is 0.595. The van der Waals surface area contributed by atoms with Gasteiger partial charge in [0, 0.05) is 18.7 Å². The molecule has 1 aromatic carbocycles. The highest BCUT2D eigenvalue weighted by Gasteiger charge is 2.07. The average molecular weight is 257 g/mol. The number of aliphatic hydroxyl groups excluding tert-OH is 1. The Bertz CT molecular complexity index is 398. The van der Waals surface area contributed by atoms with E-state index in [1.165, 1.54) is 12.1 Å². The van der Waals surface area contributed by atoms with Crippen molar-refractivity contribution in [3.63, 3.8) is 0 Å². The number of nitrogens with one attached hydrogen (secondary N) is 1. The van der Waals surface area contributed by atoms with Crippen LogP contribution in [0.4, 0.5) is 4.39 Å². The Morgan fingerprint density at radius 3 is 2.83 bits per heavy atom. The SMILES string of the molecule is O=C(O)c1ccc(F)c(CNCCOCCO)c1. The lowest BCUT2D eigenvalue weighted by Crippen LogP contribution is -2.20. The molecule has 0 unspecified atom stereocenters. The molecule has 0 radical (unpaired) electrons. The van der Waals surface area contributed by atoms with Gasteiger partial charge in [0.25, 0.3) is 0 Å². The normalized spacial score (nSPS) is 10.6. The number of halogens is 1. The van der Waals surface area contributed by atoms with Crippen molar-refractivity contribution in [3.8, 4) is 0 Å². The predicted molar refractivity (Wildman–Crippen MR) is 63.0 cm³/mol. The Labute approximate surface area is 104 Å². The first-order valence-electron chi connectivity index (χ1n) is 5.56. The van der Waals surface area contributed by atoms with Crippen molar-refractivity contribution >= 4 is 5.97 Å². The topological polar surface area (TPSA) is 78.8 Å². The van der Waals surface area contributed by atoms with Gasteiger partial charge in [-0.25, -0.2) is 9.18 Å². The van der Waals surface area contributed by atoms with E-state index in [1.54, 1.807) is 0 Å². The first-order valence-corrected chi connectivity index (χ1v) is 5.56. The first-order chi connectivity index (χ1) is 8.65. The lowest BCUT2D eigenvalue weighted by atomic mass is 10.1. The van der Waals surface area contributed by atoms with Gasteiger partial charge in [0.05, 0.1) is 25.4 Å². The highest BCUT2D eigenvalue weighted by molar-refractivity contribution is 5.87. The van der Waals surface area contributed by atoms with Gasteiger partial charge in [0.15, 0.2) is 0 Å². The van der Waals surface area contributed by atoms with E-state index in [9.17, 15) is 9.18 Å². The van der Waals surface area contributed by atoms with Gasteiger partial charge in [-0.1, -0.05) is 0 Å². The zero-order valence-electron chi connectivity index (χ0n) is 9.86. The maximum atomic E-state index is 13.4. The van der Waals surface area contributed by atoms with Crippen molar-refractivity contribution in [2.45, 2.75) is 6.54 Å². The summed E-state index contributed by atoms with van der Waals surface area (Å²) in [5.41, 5.74) is 0.363. The van der Waals surface area contributed by atoms with Crippen LogP contribution >= 0.6 is 0 Å². The highest BCUT2D eigenvalue weighted by Crippen LogP contribution is 2.10. The number of carboxylic acids is 1. The zero-order valence-corrected chi connectivity index (χ0v) is 9.86. The zero-order chi connectivity index (χ0) is 13.4. The molecule has 0 aliphatic carbocycles. The number of aliphatic hydroxyl groups is 1. The number of ether oxygens (including phenoxy) is 1. The molecule has 0 bridgehead atoms. The number of aromatic carboxylic acids is 1. The summed E-state index contributed by atoms with van der Waals surface area (Å²) in [5, 5.41) is 20.2. The van der Waals surface area contributed by atoms with Gasteiger partial charge in [0.2, 0.25) is 0 Å². The Morgan fingerprint density at radius 1 is 1.39 bits per heavy atom. The van der Waals surface area contributed by atoms with E-state index in [2.05, 4.69) is 5.32 Å². The lowest BCUT2D eigenvalue weighted by molar-refractivity contribution is 0.0696. The van der Waals surface area contributed by atoms with Crippen LogP contribution in [0.25, 0.3) is 0 Å². The summed E-state index contributed by atoms with van der Waals surface area (Å²) in [7, 11) is 0. The summed E-state index contributed by atoms with van der Waals surface area (Å²) < 4.78 is 18.4. The largest absolute Gasteiger partial charge is 0.478 e. The first kappa shape index (κ1) is 14.6. The van der Waals surface area contributed by atoms with Crippen LogP contribution in [0.3, 0.4) is 0 Å². The Balaban J connectivity index is 2.41. The number of rotatable bonds is 8. The molecule has 100 valence electrons. The summed E-state index contributed by atoms with van der Waals surface area (Å²) in [6.45, 7) is 1.37. The van der Waals surface area contributed by atoms with Crippen LogP contribution in [-0.4, -0.2) is 42.5 Å². The molecule has 0 saturated heterocycles. The minimum atomic E-state index is -1.08. The smallest absolute Gasteiger partial charge is 0.335 e. The third kappa shape index (κ3) is 4.79. The van der Waals surface area contributed by atoms with Gasteiger partial charge in [-0.2, -0.15) is 0 Å². The average Bonchev–Trinajstić information content (AvgIpc) is 2.35. The molecule has 18 heavy (non-hydrogen) atoms. The van der Waals surface area contributed by atoms with Crippen LogP contribution in [0.15, 0.2) is 18.2 Å². The lowest BCUT2D eigenvalue weighted by Gasteiger charge is -2.07. The summed E-state index contributed by atoms with van der Waals surface area (Å²) in [5.74, 6) is -1.52. The predicted octanol–water partition coefficient (Wildman–Crippen LogP) is 0.622. The number of carbonyl (C=O) groups is 1. The van der Waals surface area contributed by atoms with Crippen molar-refractivity contribution in [1.29, 1.82) is 0 Å². The second-order valence-electron chi connectivity index (χ2n) is 3.62. The van der Waals surface area contributed by atoms with Crippen molar-refractivity contribution < 1.29 is 24.1 Å². The van der Waals surface area contributed by atoms with Crippen LogP contribution in [0.5, 0.6) is 0 Å². The van der Waals surface area contributed by atoms with Crippen LogP contribution in [0.2, 0.25) is 0 Å². The standard InChI is InChI=1S/C12H16FNO4/c13-11-2-1-9(12(16)17)7-10(11)8-14-3-5-18-6-4-15/h1-2,7,14-15H,3-6,8H2,(H,16,17). The number of hydrogen-bond acceptors (Lipinski definition) is 4. The van der Waals surface area contributed by atoms with Crippen molar-refractivity contribution in [2.24, 2.45) is 0 Å². The number of hydrogen-bond donors (Lipinski definition) is 3. The van der Waals surface area contributed by atoms with Crippen LogP contribution in [0.1, 0.15) is 15.9 Å². The molecule has 5 nitrogen and oxygen atoms in total. The fourth-order valence-electron chi connectivity index (χ4n) is 1.38. The van der Waals surface area contributed by atoms with Gasteiger partial charge < -0.3 is 20.3 Å². The van der Waals surface area contributed by atoms with E-state index in [4.69, 9.17) is 14.9 Å². The monoisotopic (exact) mass is 257 g/mol. The summed E-state index contributed by atoms with van der Waals surface area (Å²) in [4.78, 5) is 10.7. The molecule has 0 fully saturated rings. The van der Waals surface area contributed by atoms with Crippen LogP contribution in [-0.2, 0) is 11.3 Å². The summed E-state index contributed by atoms with van der Waals surface area (Å²) in [6.07, 6.45) is 0. The third-order valence-electron chi connectivity index (χ3n) is 2.27.